The van der Waals surface area contributed by atoms with Gasteiger partial charge in [0.2, 0.25) is 5.91 Å². The van der Waals surface area contributed by atoms with Crippen molar-refractivity contribution >= 4 is 64.7 Å². The molecule has 0 bridgehead atoms. The summed E-state index contributed by atoms with van der Waals surface area (Å²) in [5.74, 6) is -1.88. The topological polar surface area (TPSA) is 46.3 Å². The summed E-state index contributed by atoms with van der Waals surface area (Å²) in [7, 11) is 0. The number of carbonyl (C=O) groups excluding carboxylic acids is 1. The van der Waals surface area contributed by atoms with Gasteiger partial charge in [0.15, 0.2) is 0 Å². The van der Waals surface area contributed by atoms with Gasteiger partial charge in [0.05, 0.1) is 20.6 Å². The predicted molar refractivity (Wildman–Crippen MR) is 159 cm³/mol. The van der Waals surface area contributed by atoms with E-state index in [-0.39, 0.29) is 33.9 Å². The average Bonchev–Trinajstić information content (AvgIpc) is 2.90. The van der Waals surface area contributed by atoms with Gasteiger partial charge in [0, 0.05) is 10.9 Å². The van der Waals surface area contributed by atoms with Crippen molar-refractivity contribution in [2.24, 2.45) is 5.73 Å². The summed E-state index contributed by atoms with van der Waals surface area (Å²) in [6.07, 6.45) is 2.67. The molecule has 9 heteroatoms. The minimum absolute atomic E-state index is 0. The van der Waals surface area contributed by atoms with E-state index < -0.39 is 18.0 Å². The van der Waals surface area contributed by atoms with Gasteiger partial charge in [-0.3, -0.25) is 4.79 Å². The highest BCUT2D eigenvalue weighted by atomic mass is 35.5. The summed E-state index contributed by atoms with van der Waals surface area (Å²) >= 11 is 26.1. The van der Waals surface area contributed by atoms with Gasteiger partial charge in [-0.2, -0.15) is 0 Å². The molecule has 204 valence electrons. The van der Waals surface area contributed by atoms with Crippen LogP contribution in [-0.2, 0) is 0 Å². The fourth-order valence-electron chi connectivity index (χ4n) is 5.26. The van der Waals surface area contributed by atoms with E-state index in [1.54, 1.807) is 42.5 Å². The van der Waals surface area contributed by atoms with Gasteiger partial charge >= 0.3 is 0 Å². The molecule has 1 aliphatic heterocycles. The summed E-state index contributed by atoms with van der Waals surface area (Å²) < 4.78 is 16.8. The van der Waals surface area contributed by atoms with Gasteiger partial charge in [-0.15, -0.1) is 12.4 Å². The highest BCUT2D eigenvalue weighted by Gasteiger charge is 2.37. The molecule has 1 heterocycles. The molecule has 38 heavy (non-hydrogen) atoms. The number of primary amides is 1. The monoisotopic (exact) mass is 616 g/mol. The second-order valence-corrected chi connectivity index (χ2v) is 11.1. The zero-order valence-electron chi connectivity index (χ0n) is 20.7. The van der Waals surface area contributed by atoms with Crippen molar-refractivity contribution in [3.63, 3.8) is 0 Å². The number of benzene rings is 3. The molecule has 1 amide bonds. The quantitative estimate of drug-likeness (QED) is 0.260. The van der Waals surface area contributed by atoms with Crippen LogP contribution in [0.1, 0.15) is 70.7 Å². The molecule has 1 saturated heterocycles. The van der Waals surface area contributed by atoms with E-state index in [0.29, 0.717) is 27.6 Å². The molecular weight excluding hydrogens is 589 g/mol. The summed E-state index contributed by atoms with van der Waals surface area (Å²) in [5, 5.41) is 1.16. The van der Waals surface area contributed by atoms with Crippen molar-refractivity contribution in [1.29, 1.82) is 0 Å². The SMILES string of the molecule is Cl.NC(=O)c1ccc(Cl)c(C(C(F)c2ccccc2)C(CCN2CCCCC2)c2ccc(Cl)c(Cl)c2)c1Cl. The van der Waals surface area contributed by atoms with Crippen molar-refractivity contribution in [3.8, 4) is 0 Å². The fraction of sp³-hybridized carbons (Fsp3) is 0.345. The second kappa shape index (κ2) is 14.2. The minimum atomic E-state index is -1.47. The van der Waals surface area contributed by atoms with E-state index in [9.17, 15) is 4.79 Å². The van der Waals surface area contributed by atoms with Crippen LogP contribution in [0.2, 0.25) is 20.1 Å². The number of alkyl halides is 1. The van der Waals surface area contributed by atoms with Crippen LogP contribution in [0.5, 0.6) is 0 Å². The van der Waals surface area contributed by atoms with E-state index in [0.717, 1.165) is 38.0 Å². The Morgan fingerprint density at radius 1 is 0.868 bits per heavy atom. The number of likely N-dealkylation sites (tertiary alicyclic amines) is 1. The van der Waals surface area contributed by atoms with Gasteiger partial charge in [-0.25, -0.2) is 4.39 Å². The molecule has 1 fully saturated rings. The van der Waals surface area contributed by atoms with Gasteiger partial charge < -0.3 is 10.6 Å². The van der Waals surface area contributed by atoms with Crippen LogP contribution in [0.3, 0.4) is 0 Å². The Morgan fingerprint density at radius 3 is 2.16 bits per heavy atom. The maximum absolute atomic E-state index is 16.8. The Hall–Kier alpha value is -1.53. The van der Waals surface area contributed by atoms with Crippen molar-refractivity contribution < 1.29 is 9.18 Å². The molecule has 0 aromatic heterocycles. The normalized spacial score (nSPS) is 16.3. The van der Waals surface area contributed by atoms with Gasteiger partial charge in [0.25, 0.3) is 0 Å². The molecule has 3 aromatic carbocycles. The third-order valence-electron chi connectivity index (χ3n) is 7.17. The van der Waals surface area contributed by atoms with Crippen LogP contribution >= 0.6 is 58.8 Å². The van der Waals surface area contributed by atoms with Crippen LogP contribution in [-0.4, -0.2) is 30.4 Å². The molecule has 0 spiro atoms. The van der Waals surface area contributed by atoms with E-state index in [2.05, 4.69) is 4.90 Å². The molecular formula is C29H30Cl5FN2O. The first-order chi connectivity index (χ1) is 17.8. The van der Waals surface area contributed by atoms with E-state index in [4.69, 9.17) is 52.1 Å². The van der Waals surface area contributed by atoms with Crippen LogP contribution in [0, 0.1) is 0 Å². The van der Waals surface area contributed by atoms with Crippen LogP contribution in [0.15, 0.2) is 60.7 Å². The zero-order chi connectivity index (χ0) is 26.5. The number of halogens is 6. The van der Waals surface area contributed by atoms with Crippen LogP contribution < -0.4 is 5.73 Å². The number of carbonyl (C=O) groups is 1. The van der Waals surface area contributed by atoms with Crippen molar-refractivity contribution in [2.75, 3.05) is 19.6 Å². The summed E-state index contributed by atoms with van der Waals surface area (Å²) in [6, 6.07) is 17.3. The first-order valence-electron chi connectivity index (χ1n) is 12.4. The first kappa shape index (κ1) is 31.0. The maximum atomic E-state index is 16.8. The van der Waals surface area contributed by atoms with Gasteiger partial charge in [-0.1, -0.05) is 89.2 Å². The molecule has 0 aliphatic carbocycles. The highest BCUT2D eigenvalue weighted by Crippen LogP contribution is 2.51. The van der Waals surface area contributed by atoms with E-state index >= 15 is 4.39 Å². The molecule has 3 unspecified atom stereocenters. The lowest BCUT2D eigenvalue weighted by Gasteiger charge is -2.35. The predicted octanol–water partition coefficient (Wildman–Crippen LogP) is 9.28. The maximum Gasteiger partial charge on any atom is 0.250 e. The molecule has 4 rings (SSSR count). The first-order valence-corrected chi connectivity index (χ1v) is 13.9. The smallest absolute Gasteiger partial charge is 0.250 e. The molecule has 2 N–H and O–H groups in total. The molecule has 0 radical (unpaired) electrons. The molecule has 1 aliphatic rings. The number of amides is 1. The summed E-state index contributed by atoms with van der Waals surface area (Å²) in [5.41, 5.74) is 7.39. The Balaban J connectivity index is 0.00000400. The molecule has 3 atom stereocenters. The third kappa shape index (κ3) is 7.15. The Kier molecular flexibility index (Phi) is 11.6. The third-order valence-corrected chi connectivity index (χ3v) is 8.64. The number of nitrogens with two attached hydrogens (primary N) is 1. The lowest BCUT2D eigenvalue weighted by Crippen LogP contribution is -2.32. The van der Waals surface area contributed by atoms with E-state index in [1.807, 2.05) is 12.1 Å². The van der Waals surface area contributed by atoms with Crippen molar-refractivity contribution in [3.05, 3.63) is 103 Å². The number of hydrogen-bond donors (Lipinski definition) is 1. The van der Waals surface area contributed by atoms with Crippen LogP contribution in [0.25, 0.3) is 0 Å². The van der Waals surface area contributed by atoms with Crippen molar-refractivity contribution in [2.45, 2.75) is 43.7 Å². The Bertz CT molecular complexity index is 1240. The largest absolute Gasteiger partial charge is 0.366 e. The van der Waals surface area contributed by atoms with Crippen LogP contribution in [0.4, 0.5) is 4.39 Å². The van der Waals surface area contributed by atoms with E-state index in [1.165, 1.54) is 12.5 Å². The number of hydrogen-bond acceptors (Lipinski definition) is 2. The standard InChI is InChI=1S/C29H29Cl4FN2O.ClH/c30-22-11-9-19(17-24(22)32)20(13-16-36-14-5-2-6-15-36)25(28(34)18-7-3-1-4-8-18)26-23(31)12-10-21(27(26)33)29(35)37;/h1,3-4,7-12,17,20,25,28H,2,5-6,13-16H2,(H2,35,37);1H. The average molecular weight is 619 g/mol. The molecule has 3 aromatic rings. The fourth-order valence-corrected chi connectivity index (χ4v) is 6.28. The van der Waals surface area contributed by atoms with Crippen molar-refractivity contribution in [1.82, 2.24) is 4.90 Å². The lowest BCUT2D eigenvalue weighted by molar-refractivity contribution is 0.1000. The zero-order valence-corrected chi connectivity index (χ0v) is 24.5. The Morgan fingerprint density at radius 2 is 1.53 bits per heavy atom. The van der Waals surface area contributed by atoms with Gasteiger partial charge in [-0.05, 0) is 85.8 Å². The summed E-state index contributed by atoms with van der Waals surface area (Å²) in [4.78, 5) is 14.6. The second-order valence-electron chi connectivity index (χ2n) is 9.50. The minimum Gasteiger partial charge on any atom is -0.366 e. The summed E-state index contributed by atoms with van der Waals surface area (Å²) in [6.45, 7) is 2.79. The molecule has 0 saturated carbocycles. The highest BCUT2D eigenvalue weighted by molar-refractivity contribution is 6.42. The van der Waals surface area contributed by atoms with Gasteiger partial charge in [0.1, 0.15) is 6.17 Å². The number of nitrogens with zero attached hydrogens (tertiary/aromatic N) is 1. The number of rotatable bonds is 9. The molecule has 3 nitrogen and oxygen atoms in total. The lowest BCUT2D eigenvalue weighted by atomic mass is 9.74. The Labute approximate surface area is 249 Å². The number of piperidine rings is 1.